The van der Waals surface area contributed by atoms with E-state index < -0.39 is 12.7 Å². The molecule has 2 aromatic heterocycles. The monoisotopic (exact) mass is 347 g/mol. The van der Waals surface area contributed by atoms with E-state index in [1.807, 2.05) is 27.0 Å². The van der Waals surface area contributed by atoms with E-state index in [0.717, 1.165) is 39.2 Å². The summed E-state index contributed by atoms with van der Waals surface area (Å²) in [5.41, 5.74) is 9.93. The summed E-state index contributed by atoms with van der Waals surface area (Å²) in [6.07, 6.45) is 2.71. The van der Waals surface area contributed by atoms with E-state index in [-0.39, 0.29) is 5.69 Å². The molecule has 0 saturated carbocycles. The molecule has 1 aromatic carbocycles. The Morgan fingerprint density at radius 3 is 2.58 bits per heavy atom. The minimum Gasteiger partial charge on any atom is -0.257 e. The van der Waals surface area contributed by atoms with Crippen LogP contribution < -0.4 is 4.57 Å². The Morgan fingerprint density at radius 2 is 1.85 bits per heavy atom. The molecule has 0 bridgehead atoms. The van der Waals surface area contributed by atoms with Gasteiger partial charge in [0.1, 0.15) is 7.05 Å². The molecule has 132 valence electrons. The van der Waals surface area contributed by atoms with Crippen molar-refractivity contribution < 1.29 is 10.1 Å². The number of aromatic nitrogens is 2. The molecule has 4 rings (SSSR count). The Morgan fingerprint density at radius 1 is 1.12 bits per heavy atom. The molecular weight excluding hydrogens is 316 g/mol. The van der Waals surface area contributed by atoms with E-state index in [9.17, 15) is 0 Å². The molecule has 0 unspecified atom stereocenters. The zero-order valence-corrected chi connectivity index (χ0v) is 16.1. The summed E-state index contributed by atoms with van der Waals surface area (Å²) < 4.78 is 33.4. The van der Waals surface area contributed by atoms with Gasteiger partial charge in [0.2, 0.25) is 5.69 Å². The standard InChI is InChI=1S/C24H27N2/c1-14(2)22-13-26(6)24(11-15(22)3)18-9-10-19-20-8-7-16(4)25-23(20)12-21(19)17(18)5/h7-11,13-14H,12H2,1-6H3/q+1/i4D3,14D. The normalized spacial score (nSPS) is 15.6. The van der Waals surface area contributed by atoms with Gasteiger partial charge >= 0.3 is 0 Å². The number of pyridine rings is 2. The maximum Gasteiger partial charge on any atom is 0.212 e. The highest BCUT2D eigenvalue weighted by Crippen LogP contribution is 2.40. The van der Waals surface area contributed by atoms with Crippen LogP contribution in [0, 0.1) is 20.7 Å². The van der Waals surface area contributed by atoms with Crippen molar-refractivity contribution in [2.24, 2.45) is 7.05 Å². The molecule has 0 atom stereocenters. The molecule has 1 aliphatic rings. The van der Waals surface area contributed by atoms with Gasteiger partial charge < -0.3 is 0 Å². The number of rotatable bonds is 2. The van der Waals surface area contributed by atoms with Crippen LogP contribution in [0.15, 0.2) is 36.5 Å². The van der Waals surface area contributed by atoms with Crippen molar-refractivity contribution >= 4 is 0 Å². The lowest BCUT2D eigenvalue weighted by Gasteiger charge is -2.13. The van der Waals surface area contributed by atoms with Gasteiger partial charge in [-0.1, -0.05) is 26.0 Å². The third kappa shape index (κ3) is 2.56. The van der Waals surface area contributed by atoms with E-state index >= 15 is 0 Å². The van der Waals surface area contributed by atoms with E-state index in [0.29, 0.717) is 6.42 Å². The van der Waals surface area contributed by atoms with Crippen molar-refractivity contribution in [1.82, 2.24) is 4.98 Å². The fraction of sp³-hybridized carbons (Fsp3) is 0.333. The minimum atomic E-state index is -2.19. The average molecular weight is 348 g/mol. The molecule has 26 heavy (non-hydrogen) atoms. The maximum atomic E-state index is 8.40. The molecule has 0 radical (unpaired) electrons. The SMILES string of the molecule is [2H]C([2H])([2H])c1ccc2c(n1)Cc1c-2ccc(-c2cc(C)c(C([2H])(C)C)c[n+]2C)c1C. The van der Waals surface area contributed by atoms with Crippen molar-refractivity contribution in [2.45, 2.75) is 46.9 Å². The predicted octanol–water partition coefficient (Wildman–Crippen LogP) is 5.19. The van der Waals surface area contributed by atoms with Crippen molar-refractivity contribution in [3.8, 4) is 22.4 Å². The summed E-state index contributed by atoms with van der Waals surface area (Å²) in [5.74, 6) is -0.652. The summed E-state index contributed by atoms with van der Waals surface area (Å²) in [7, 11) is 2.02. The number of nitrogens with zero attached hydrogens (tertiary/aromatic N) is 2. The first-order valence-corrected chi connectivity index (χ1v) is 9.02. The van der Waals surface area contributed by atoms with Crippen LogP contribution >= 0.6 is 0 Å². The smallest absolute Gasteiger partial charge is 0.212 e. The molecule has 0 spiro atoms. The zero-order valence-electron chi connectivity index (χ0n) is 20.1. The summed E-state index contributed by atoms with van der Waals surface area (Å²) in [4.78, 5) is 4.46. The second-order valence-electron chi connectivity index (χ2n) is 7.50. The molecule has 2 nitrogen and oxygen atoms in total. The van der Waals surface area contributed by atoms with Gasteiger partial charge in [-0.2, -0.15) is 0 Å². The van der Waals surface area contributed by atoms with Crippen LogP contribution in [0.25, 0.3) is 22.4 Å². The minimum absolute atomic E-state index is 0.155. The first-order valence-electron chi connectivity index (χ1n) is 11.0. The zero-order chi connectivity index (χ0) is 22.0. The van der Waals surface area contributed by atoms with Gasteiger partial charge in [0.15, 0.2) is 6.20 Å². The fourth-order valence-electron chi connectivity index (χ4n) is 4.10. The number of benzene rings is 1. The van der Waals surface area contributed by atoms with Crippen LogP contribution in [0.4, 0.5) is 0 Å². The van der Waals surface area contributed by atoms with Gasteiger partial charge in [-0.15, -0.1) is 0 Å². The third-order valence-electron chi connectivity index (χ3n) is 5.50. The van der Waals surface area contributed by atoms with Gasteiger partial charge in [-0.05, 0) is 61.0 Å². The summed E-state index contributed by atoms with van der Waals surface area (Å²) in [5, 5.41) is 0. The highest BCUT2D eigenvalue weighted by atomic mass is 14.9. The predicted molar refractivity (Wildman–Crippen MR) is 107 cm³/mol. The lowest BCUT2D eigenvalue weighted by molar-refractivity contribution is -0.660. The number of hydrogen-bond acceptors (Lipinski definition) is 1. The lowest BCUT2D eigenvalue weighted by atomic mass is 9.93. The molecule has 0 aliphatic heterocycles. The van der Waals surface area contributed by atoms with Crippen molar-refractivity contribution in [3.05, 3.63) is 70.2 Å². The van der Waals surface area contributed by atoms with E-state index in [4.69, 9.17) is 5.48 Å². The first-order chi connectivity index (χ1) is 13.9. The van der Waals surface area contributed by atoms with Crippen LogP contribution in [0.3, 0.4) is 0 Å². The van der Waals surface area contributed by atoms with Gasteiger partial charge in [0.05, 0.1) is 5.69 Å². The quantitative estimate of drug-likeness (QED) is 0.456. The van der Waals surface area contributed by atoms with E-state index in [1.165, 1.54) is 11.1 Å². The molecule has 2 heteroatoms. The van der Waals surface area contributed by atoms with E-state index in [1.54, 1.807) is 6.07 Å². The second-order valence-corrected chi connectivity index (χ2v) is 7.50. The molecular formula is C24H27N2+. The highest BCUT2D eigenvalue weighted by Gasteiger charge is 2.25. The first kappa shape index (κ1) is 12.8. The summed E-state index contributed by atoms with van der Waals surface area (Å²) in [6.45, 7) is 5.82. The lowest BCUT2D eigenvalue weighted by Crippen LogP contribution is -2.32. The maximum absolute atomic E-state index is 8.40. The number of fused-ring (bicyclic) bond motifs is 3. The van der Waals surface area contributed by atoms with Crippen LogP contribution in [-0.4, -0.2) is 4.98 Å². The van der Waals surface area contributed by atoms with Crippen molar-refractivity contribution in [2.75, 3.05) is 0 Å². The number of aryl methyl sites for hydroxylation is 3. The molecule has 0 amide bonds. The molecule has 0 fully saturated rings. The Bertz CT molecular complexity index is 1170. The molecule has 0 saturated heterocycles. The van der Waals surface area contributed by atoms with Crippen molar-refractivity contribution in [3.63, 3.8) is 0 Å². The average Bonchev–Trinajstić information content (AvgIpc) is 3.01. The summed E-state index contributed by atoms with van der Waals surface area (Å²) >= 11 is 0. The van der Waals surface area contributed by atoms with Gasteiger partial charge in [0.25, 0.3) is 0 Å². The topological polar surface area (TPSA) is 16.8 Å². The Hall–Kier alpha value is -2.48. The third-order valence-corrected chi connectivity index (χ3v) is 5.50. The van der Waals surface area contributed by atoms with Gasteiger partial charge in [-0.3, -0.25) is 4.98 Å². The van der Waals surface area contributed by atoms with E-state index in [2.05, 4.69) is 47.8 Å². The van der Waals surface area contributed by atoms with Crippen LogP contribution in [0.2, 0.25) is 0 Å². The second kappa shape index (κ2) is 6.05. The van der Waals surface area contributed by atoms with Crippen LogP contribution in [0.1, 0.15) is 58.9 Å². The van der Waals surface area contributed by atoms with Crippen LogP contribution in [-0.2, 0) is 13.5 Å². The number of hydrogen-bond donors (Lipinski definition) is 0. The largest absolute Gasteiger partial charge is 0.257 e. The van der Waals surface area contributed by atoms with Crippen LogP contribution in [0.5, 0.6) is 0 Å². The molecule has 3 aromatic rings. The fourth-order valence-corrected chi connectivity index (χ4v) is 4.10. The highest BCUT2D eigenvalue weighted by molar-refractivity contribution is 5.81. The Balaban J connectivity index is 1.81. The summed E-state index contributed by atoms with van der Waals surface area (Å²) in [6, 6.07) is 9.94. The Kier molecular flexibility index (Phi) is 2.98. The van der Waals surface area contributed by atoms with Gasteiger partial charge in [0, 0.05) is 40.4 Å². The van der Waals surface area contributed by atoms with Gasteiger partial charge in [-0.25, -0.2) is 4.57 Å². The molecule has 0 N–H and O–H groups in total. The van der Waals surface area contributed by atoms with Crippen molar-refractivity contribution in [1.29, 1.82) is 0 Å². The molecule has 1 aliphatic carbocycles. The molecule has 2 heterocycles. The Labute approximate surface area is 162 Å².